The number of ether oxygens (including phenoxy) is 2. The van der Waals surface area contributed by atoms with Crippen molar-refractivity contribution < 1.29 is 14.3 Å². The summed E-state index contributed by atoms with van der Waals surface area (Å²) in [6.45, 7) is 1.04. The Hall–Kier alpha value is -1.90. The maximum absolute atomic E-state index is 13.4. The molecule has 0 bridgehead atoms. The first-order chi connectivity index (χ1) is 13.7. The monoisotopic (exact) mass is 476 g/mol. The third-order valence-electron chi connectivity index (χ3n) is 4.75. The van der Waals surface area contributed by atoms with Crippen LogP contribution in [0.3, 0.4) is 0 Å². The highest BCUT2D eigenvalue weighted by atomic mass is 79.9. The Bertz CT molecular complexity index is 1050. The van der Waals surface area contributed by atoms with E-state index in [1.807, 2.05) is 53.0 Å². The maximum atomic E-state index is 13.4. The maximum Gasteiger partial charge on any atom is 0.259 e. The molecule has 1 N–H and O–H groups in total. The van der Waals surface area contributed by atoms with Crippen LogP contribution >= 0.6 is 39.0 Å². The lowest BCUT2D eigenvalue weighted by molar-refractivity contribution is 0.102. The van der Waals surface area contributed by atoms with Gasteiger partial charge in [-0.1, -0.05) is 0 Å². The molecule has 5 nitrogen and oxygen atoms in total. The second kappa shape index (κ2) is 7.50. The molecule has 2 aromatic heterocycles. The number of nitrogens with zero attached hydrogens (tertiary/aromatic N) is 1. The average molecular weight is 477 g/mol. The third kappa shape index (κ3) is 3.23. The number of thioether (sulfide) groups is 1. The van der Waals surface area contributed by atoms with Crippen LogP contribution in [0.15, 0.2) is 41.1 Å². The van der Waals surface area contributed by atoms with Crippen molar-refractivity contribution in [3.8, 4) is 16.5 Å². The summed E-state index contributed by atoms with van der Waals surface area (Å²) in [5.41, 5.74) is 2.63. The Kier molecular flexibility index (Phi) is 4.86. The fourth-order valence-electron chi connectivity index (χ4n) is 3.45. The molecule has 8 heteroatoms. The fraction of sp³-hybridized carbons (Fsp3) is 0.250. The van der Waals surface area contributed by atoms with Crippen LogP contribution in [0, 0.1) is 0 Å². The molecule has 0 aliphatic carbocycles. The normalized spacial score (nSPS) is 15.2. The van der Waals surface area contributed by atoms with E-state index in [4.69, 9.17) is 9.47 Å². The number of aromatic nitrogens is 1. The lowest BCUT2D eigenvalue weighted by Crippen LogP contribution is -2.18. The standard InChI is InChI=1S/C20H17BrN2O3S2/c21-13-9-15-16(26-7-6-25-15)10-14(13)22-19(24)18-12-3-8-27-11-17(12)28-20(18)23-4-1-2-5-23/h1-2,4-5,9-10H,3,6-8,11H2,(H,22,24). The van der Waals surface area contributed by atoms with E-state index >= 15 is 0 Å². The lowest BCUT2D eigenvalue weighted by atomic mass is 10.1. The second-order valence-electron chi connectivity index (χ2n) is 6.51. The van der Waals surface area contributed by atoms with Crippen LogP contribution < -0.4 is 14.8 Å². The van der Waals surface area contributed by atoms with Crippen molar-refractivity contribution >= 4 is 50.6 Å². The number of anilines is 1. The molecule has 4 heterocycles. The van der Waals surface area contributed by atoms with Crippen molar-refractivity contribution in [2.24, 2.45) is 0 Å². The van der Waals surface area contributed by atoms with Gasteiger partial charge in [0, 0.05) is 39.6 Å². The number of hydrogen-bond donors (Lipinski definition) is 1. The number of amides is 1. The Morgan fingerprint density at radius 1 is 1.14 bits per heavy atom. The number of carbonyl (C=O) groups excluding carboxylic acids is 1. The molecular formula is C20H17BrN2O3S2. The van der Waals surface area contributed by atoms with Gasteiger partial charge in [0.1, 0.15) is 18.2 Å². The number of carbonyl (C=O) groups is 1. The van der Waals surface area contributed by atoms with Gasteiger partial charge in [0.15, 0.2) is 11.5 Å². The first kappa shape index (κ1) is 18.1. The van der Waals surface area contributed by atoms with Crippen molar-refractivity contribution in [2.45, 2.75) is 12.2 Å². The number of hydrogen-bond acceptors (Lipinski definition) is 5. The van der Waals surface area contributed by atoms with Gasteiger partial charge in [-0.3, -0.25) is 4.79 Å². The molecule has 1 aromatic carbocycles. The van der Waals surface area contributed by atoms with Crippen LogP contribution in [0.25, 0.3) is 5.00 Å². The number of thiophene rings is 1. The molecule has 0 atom stereocenters. The molecule has 5 rings (SSSR count). The Morgan fingerprint density at radius 3 is 2.68 bits per heavy atom. The number of nitrogens with one attached hydrogen (secondary N) is 1. The zero-order chi connectivity index (χ0) is 19.1. The summed E-state index contributed by atoms with van der Waals surface area (Å²) in [7, 11) is 0. The van der Waals surface area contributed by atoms with Gasteiger partial charge in [-0.05, 0) is 45.8 Å². The smallest absolute Gasteiger partial charge is 0.259 e. The topological polar surface area (TPSA) is 52.5 Å². The van der Waals surface area contributed by atoms with Crippen molar-refractivity contribution in [1.29, 1.82) is 0 Å². The average Bonchev–Trinajstić information content (AvgIpc) is 3.36. The van der Waals surface area contributed by atoms with Gasteiger partial charge in [-0.25, -0.2) is 0 Å². The fourth-order valence-corrected chi connectivity index (χ4v) is 6.31. The highest BCUT2D eigenvalue weighted by Gasteiger charge is 2.27. The third-order valence-corrected chi connectivity index (χ3v) is 7.82. The van der Waals surface area contributed by atoms with Crippen LogP contribution in [-0.4, -0.2) is 29.4 Å². The van der Waals surface area contributed by atoms with E-state index in [0.717, 1.165) is 33.0 Å². The highest BCUT2D eigenvalue weighted by Crippen LogP contribution is 2.41. The summed E-state index contributed by atoms with van der Waals surface area (Å²) in [5, 5.41) is 4.06. The van der Waals surface area contributed by atoms with Crippen LogP contribution in [0.2, 0.25) is 0 Å². The minimum atomic E-state index is -0.0922. The Balaban J connectivity index is 1.53. The molecule has 0 radical (unpaired) electrons. The van der Waals surface area contributed by atoms with Gasteiger partial charge >= 0.3 is 0 Å². The van der Waals surface area contributed by atoms with Gasteiger partial charge < -0.3 is 19.4 Å². The molecule has 0 unspecified atom stereocenters. The van der Waals surface area contributed by atoms with Crippen molar-refractivity contribution in [2.75, 3.05) is 24.3 Å². The molecular weight excluding hydrogens is 460 g/mol. The SMILES string of the molecule is O=C(Nc1cc2c(cc1Br)OCCO2)c1c(-n2cccc2)sc2c1CCSC2. The largest absolute Gasteiger partial charge is 0.486 e. The van der Waals surface area contributed by atoms with E-state index in [0.29, 0.717) is 30.4 Å². The summed E-state index contributed by atoms with van der Waals surface area (Å²) in [5.74, 6) is 3.26. The van der Waals surface area contributed by atoms with Crippen LogP contribution in [0.4, 0.5) is 5.69 Å². The van der Waals surface area contributed by atoms with Crippen molar-refractivity contribution in [1.82, 2.24) is 4.57 Å². The quantitative estimate of drug-likeness (QED) is 0.570. The van der Waals surface area contributed by atoms with Gasteiger partial charge in [0.25, 0.3) is 5.91 Å². The van der Waals surface area contributed by atoms with Crippen LogP contribution in [0.1, 0.15) is 20.8 Å². The number of fused-ring (bicyclic) bond motifs is 2. The van der Waals surface area contributed by atoms with E-state index in [9.17, 15) is 4.79 Å². The summed E-state index contributed by atoms with van der Waals surface area (Å²) < 4.78 is 14.1. The van der Waals surface area contributed by atoms with Gasteiger partial charge in [0.05, 0.1) is 11.3 Å². The lowest BCUT2D eigenvalue weighted by Gasteiger charge is -2.20. The van der Waals surface area contributed by atoms with Gasteiger partial charge in [-0.2, -0.15) is 11.8 Å². The summed E-state index contributed by atoms with van der Waals surface area (Å²) in [6.07, 6.45) is 4.89. The molecule has 0 spiro atoms. The predicted octanol–water partition coefficient (Wildman–Crippen LogP) is 5.11. The Labute approximate surface area is 179 Å². The number of halogens is 1. The molecule has 144 valence electrons. The molecule has 2 aliphatic rings. The first-order valence-electron chi connectivity index (χ1n) is 8.97. The first-order valence-corrected chi connectivity index (χ1v) is 11.7. The zero-order valence-corrected chi connectivity index (χ0v) is 18.1. The molecule has 1 amide bonds. The predicted molar refractivity (Wildman–Crippen MR) is 117 cm³/mol. The molecule has 3 aromatic rings. The molecule has 2 aliphatic heterocycles. The van der Waals surface area contributed by atoms with Crippen molar-refractivity contribution in [3.05, 3.63) is 57.1 Å². The molecule has 0 saturated carbocycles. The molecule has 0 fully saturated rings. The zero-order valence-electron chi connectivity index (χ0n) is 14.9. The highest BCUT2D eigenvalue weighted by molar-refractivity contribution is 9.10. The van der Waals surface area contributed by atoms with Crippen LogP contribution in [-0.2, 0) is 12.2 Å². The van der Waals surface area contributed by atoms with E-state index in [1.54, 1.807) is 11.3 Å². The van der Waals surface area contributed by atoms with E-state index in [1.165, 1.54) is 10.4 Å². The summed E-state index contributed by atoms with van der Waals surface area (Å²) in [4.78, 5) is 14.7. The number of rotatable bonds is 3. The second-order valence-corrected chi connectivity index (χ2v) is 9.55. The van der Waals surface area contributed by atoms with Gasteiger partial charge in [0.2, 0.25) is 0 Å². The minimum Gasteiger partial charge on any atom is -0.486 e. The van der Waals surface area contributed by atoms with Crippen LogP contribution in [0.5, 0.6) is 11.5 Å². The summed E-state index contributed by atoms with van der Waals surface area (Å²) in [6, 6.07) is 7.62. The van der Waals surface area contributed by atoms with Crippen molar-refractivity contribution in [3.63, 3.8) is 0 Å². The van der Waals surface area contributed by atoms with E-state index in [-0.39, 0.29) is 5.91 Å². The molecule has 28 heavy (non-hydrogen) atoms. The number of benzene rings is 1. The summed E-state index contributed by atoms with van der Waals surface area (Å²) >= 11 is 7.18. The molecule has 0 saturated heterocycles. The van der Waals surface area contributed by atoms with E-state index < -0.39 is 0 Å². The minimum absolute atomic E-state index is 0.0922. The van der Waals surface area contributed by atoms with E-state index in [2.05, 4.69) is 21.2 Å². The van der Waals surface area contributed by atoms with Gasteiger partial charge in [-0.15, -0.1) is 11.3 Å². The Morgan fingerprint density at radius 2 is 1.89 bits per heavy atom.